The van der Waals surface area contributed by atoms with Gasteiger partial charge in [0.25, 0.3) is 0 Å². The molecule has 0 fully saturated rings. The van der Waals surface area contributed by atoms with E-state index in [2.05, 4.69) is 231 Å². The molecule has 0 saturated carbocycles. The highest BCUT2D eigenvalue weighted by Crippen LogP contribution is 2.47. The van der Waals surface area contributed by atoms with Gasteiger partial charge in [0.15, 0.2) is 0 Å². The summed E-state index contributed by atoms with van der Waals surface area (Å²) in [6.07, 6.45) is 0. The molecular weight excluding hydrogens is 777 g/mol. The molecule has 0 aliphatic carbocycles. The van der Waals surface area contributed by atoms with E-state index in [0.29, 0.717) is 0 Å². The highest BCUT2D eigenvalue weighted by Gasteiger charge is 2.19. The number of hydrogen-bond donors (Lipinski definition) is 0. The highest BCUT2D eigenvalue weighted by atomic mass is 32.1. The molecule has 0 aliphatic rings. The van der Waals surface area contributed by atoms with E-state index >= 15 is 0 Å². The van der Waals surface area contributed by atoms with Crippen LogP contribution >= 0.6 is 11.3 Å². The standard InChI is InChI=1S/C60H38S.C2H6/c1-3-16-39(17-4-1)55-34-35-56(61-55)43-20-15-21-44(38-43)58-51-26-11-13-28-53(51)60(54-29-14-12-27-52(54)58)46-33-31-41-36-45(32-30-42(41)37-46)59-49-24-9-7-22-47(49)57(40-18-5-2-6-19-40)48-23-8-10-25-50(48)59;1-2/h1-38H;1-2H3. The number of fused-ring (bicyclic) bond motifs is 5. The van der Waals surface area contributed by atoms with Gasteiger partial charge in [0.05, 0.1) is 0 Å². The van der Waals surface area contributed by atoms with Crippen LogP contribution in [0.5, 0.6) is 0 Å². The minimum atomic E-state index is 1.23. The third-order valence-corrected chi connectivity index (χ3v) is 13.6. The Morgan fingerprint density at radius 3 is 0.937 bits per heavy atom. The van der Waals surface area contributed by atoms with Gasteiger partial charge in [-0.1, -0.05) is 214 Å². The van der Waals surface area contributed by atoms with Gasteiger partial charge < -0.3 is 0 Å². The Kier molecular flexibility index (Phi) is 9.96. The molecule has 0 nitrogen and oxygen atoms in total. The second-order valence-corrected chi connectivity index (χ2v) is 17.0. The second kappa shape index (κ2) is 16.4. The van der Waals surface area contributed by atoms with Gasteiger partial charge in [0, 0.05) is 9.75 Å². The SMILES string of the molecule is CC.c1ccc(-c2ccc(-c3cccc(-c4c5ccccc5c(-c5ccc6cc(-c7c8ccccc8c(-c8ccccc8)c8ccccc78)ccc6c5)c5ccccc45)c3)s2)cc1. The molecule has 12 rings (SSSR count). The molecule has 298 valence electrons. The van der Waals surface area contributed by atoms with Crippen molar-refractivity contribution in [3.8, 4) is 65.4 Å². The average molecular weight is 821 g/mol. The molecule has 0 saturated heterocycles. The summed E-state index contributed by atoms with van der Waals surface area (Å²) in [6.45, 7) is 4.00. The van der Waals surface area contributed by atoms with Gasteiger partial charge >= 0.3 is 0 Å². The van der Waals surface area contributed by atoms with E-state index in [1.807, 2.05) is 25.2 Å². The van der Waals surface area contributed by atoms with Gasteiger partial charge in [0.2, 0.25) is 0 Å². The Bertz CT molecular complexity index is 3520. The number of hydrogen-bond acceptors (Lipinski definition) is 1. The first-order valence-electron chi connectivity index (χ1n) is 22.0. The minimum absolute atomic E-state index is 1.23. The summed E-state index contributed by atoms with van der Waals surface area (Å²) in [4.78, 5) is 2.56. The Morgan fingerprint density at radius 2 is 0.524 bits per heavy atom. The summed E-state index contributed by atoms with van der Waals surface area (Å²) in [5.74, 6) is 0. The maximum absolute atomic E-state index is 2.39. The van der Waals surface area contributed by atoms with Crippen molar-refractivity contribution in [1.82, 2.24) is 0 Å². The Hall–Kier alpha value is -7.58. The molecular formula is C62H44S. The molecule has 63 heavy (non-hydrogen) atoms. The van der Waals surface area contributed by atoms with Crippen molar-refractivity contribution < 1.29 is 0 Å². The van der Waals surface area contributed by atoms with E-state index < -0.39 is 0 Å². The monoisotopic (exact) mass is 820 g/mol. The fourth-order valence-electron chi connectivity index (χ4n) is 9.74. The molecule has 0 amide bonds. The second-order valence-electron chi connectivity index (χ2n) is 15.9. The lowest BCUT2D eigenvalue weighted by molar-refractivity contribution is 1.50. The van der Waals surface area contributed by atoms with Gasteiger partial charge in [-0.3, -0.25) is 0 Å². The van der Waals surface area contributed by atoms with E-state index in [1.54, 1.807) is 0 Å². The third kappa shape index (κ3) is 6.70. The Morgan fingerprint density at radius 1 is 0.222 bits per heavy atom. The lowest BCUT2D eigenvalue weighted by Gasteiger charge is -2.19. The zero-order chi connectivity index (χ0) is 42.3. The smallest absolute Gasteiger partial charge is 0.0349 e. The van der Waals surface area contributed by atoms with Crippen molar-refractivity contribution >= 4 is 65.2 Å². The molecule has 0 aliphatic heterocycles. The van der Waals surface area contributed by atoms with E-state index in [0.717, 1.165) is 0 Å². The first kappa shape index (κ1) is 38.3. The quantitative estimate of drug-likeness (QED) is 0.147. The molecule has 0 spiro atoms. The van der Waals surface area contributed by atoms with Crippen molar-refractivity contribution in [2.24, 2.45) is 0 Å². The van der Waals surface area contributed by atoms with Crippen LogP contribution in [0.4, 0.5) is 0 Å². The Labute approximate surface area is 373 Å². The zero-order valence-corrected chi connectivity index (χ0v) is 36.2. The molecule has 0 N–H and O–H groups in total. The fourth-order valence-corrected chi connectivity index (χ4v) is 10.7. The maximum atomic E-state index is 2.39. The van der Waals surface area contributed by atoms with E-state index in [-0.39, 0.29) is 0 Å². The van der Waals surface area contributed by atoms with E-state index in [9.17, 15) is 0 Å². The average Bonchev–Trinajstić information content (AvgIpc) is 3.87. The molecule has 11 aromatic carbocycles. The zero-order valence-electron chi connectivity index (χ0n) is 35.3. The minimum Gasteiger partial charge on any atom is -0.135 e. The molecule has 1 heteroatoms. The van der Waals surface area contributed by atoms with Crippen LogP contribution in [0.1, 0.15) is 13.8 Å². The van der Waals surface area contributed by atoms with Gasteiger partial charge in [-0.2, -0.15) is 0 Å². The van der Waals surface area contributed by atoms with E-state index in [1.165, 1.54) is 119 Å². The van der Waals surface area contributed by atoms with Crippen molar-refractivity contribution in [3.05, 3.63) is 231 Å². The summed E-state index contributed by atoms with van der Waals surface area (Å²) in [6, 6.07) is 85.0. The molecule has 12 aromatic rings. The van der Waals surface area contributed by atoms with Crippen LogP contribution in [-0.2, 0) is 0 Å². The van der Waals surface area contributed by atoms with Crippen LogP contribution in [0.25, 0.3) is 119 Å². The van der Waals surface area contributed by atoms with Crippen LogP contribution < -0.4 is 0 Å². The number of thiophene rings is 1. The lowest BCUT2D eigenvalue weighted by atomic mass is 9.84. The van der Waals surface area contributed by atoms with Crippen molar-refractivity contribution in [3.63, 3.8) is 0 Å². The van der Waals surface area contributed by atoms with Gasteiger partial charge in [-0.05, 0) is 140 Å². The molecule has 1 heterocycles. The largest absolute Gasteiger partial charge is 0.135 e. The van der Waals surface area contributed by atoms with Crippen molar-refractivity contribution in [2.45, 2.75) is 13.8 Å². The fraction of sp³-hybridized carbons (Fsp3) is 0.0323. The molecule has 0 atom stereocenters. The lowest BCUT2D eigenvalue weighted by Crippen LogP contribution is -1.92. The first-order chi connectivity index (χ1) is 31.3. The van der Waals surface area contributed by atoms with Crippen LogP contribution in [-0.4, -0.2) is 0 Å². The molecule has 1 aromatic heterocycles. The number of rotatable bonds is 6. The number of benzene rings is 11. The van der Waals surface area contributed by atoms with Crippen LogP contribution in [0.3, 0.4) is 0 Å². The normalized spacial score (nSPS) is 11.3. The summed E-state index contributed by atoms with van der Waals surface area (Å²) >= 11 is 1.85. The summed E-state index contributed by atoms with van der Waals surface area (Å²) in [5, 5.41) is 12.6. The van der Waals surface area contributed by atoms with Crippen LogP contribution in [0.2, 0.25) is 0 Å². The predicted molar refractivity (Wildman–Crippen MR) is 276 cm³/mol. The van der Waals surface area contributed by atoms with Crippen molar-refractivity contribution in [2.75, 3.05) is 0 Å². The van der Waals surface area contributed by atoms with Gasteiger partial charge in [-0.25, -0.2) is 0 Å². The maximum Gasteiger partial charge on any atom is 0.0349 e. The summed E-state index contributed by atoms with van der Waals surface area (Å²) in [5.41, 5.74) is 12.5. The van der Waals surface area contributed by atoms with E-state index in [4.69, 9.17) is 0 Å². The third-order valence-electron chi connectivity index (χ3n) is 12.4. The highest BCUT2D eigenvalue weighted by molar-refractivity contribution is 7.18. The van der Waals surface area contributed by atoms with Crippen LogP contribution in [0, 0.1) is 0 Å². The van der Waals surface area contributed by atoms with Crippen molar-refractivity contribution in [1.29, 1.82) is 0 Å². The first-order valence-corrected chi connectivity index (χ1v) is 22.8. The van der Waals surface area contributed by atoms with Crippen LogP contribution in [0.15, 0.2) is 231 Å². The summed E-state index contributed by atoms with van der Waals surface area (Å²) < 4.78 is 0. The van der Waals surface area contributed by atoms with Gasteiger partial charge in [-0.15, -0.1) is 11.3 Å². The molecule has 0 radical (unpaired) electrons. The topological polar surface area (TPSA) is 0 Å². The Balaban J connectivity index is 0.00000219. The molecule has 0 unspecified atom stereocenters. The predicted octanol–water partition coefficient (Wildman–Crippen LogP) is 18.5. The van der Waals surface area contributed by atoms with Gasteiger partial charge in [0.1, 0.15) is 0 Å². The molecule has 0 bridgehead atoms. The summed E-state index contributed by atoms with van der Waals surface area (Å²) in [7, 11) is 0.